The van der Waals surface area contributed by atoms with Crippen LogP contribution in [0.5, 0.6) is 0 Å². The molecule has 0 saturated carbocycles. The van der Waals surface area contributed by atoms with E-state index in [4.69, 9.17) is 4.74 Å². The van der Waals surface area contributed by atoms with Crippen molar-refractivity contribution in [3.8, 4) is 0 Å². The summed E-state index contributed by atoms with van der Waals surface area (Å²) in [5.41, 5.74) is 1.62. The predicted molar refractivity (Wildman–Crippen MR) is 80.4 cm³/mol. The summed E-state index contributed by atoms with van der Waals surface area (Å²) in [7, 11) is 0. The van der Waals surface area contributed by atoms with E-state index in [0.717, 1.165) is 0 Å². The Hall–Kier alpha value is -1.94. The molecule has 0 radical (unpaired) electrons. The fraction of sp³-hybridized carbons (Fsp3) is 0.125. The SMILES string of the molecule is O=C(OCCBr)c1ccc(C(=O)c2ccccc2)cc1. The van der Waals surface area contributed by atoms with Crippen LogP contribution in [0.1, 0.15) is 26.3 Å². The van der Waals surface area contributed by atoms with E-state index in [9.17, 15) is 9.59 Å². The second kappa shape index (κ2) is 7.01. The molecule has 0 aliphatic heterocycles. The molecule has 3 nitrogen and oxygen atoms in total. The van der Waals surface area contributed by atoms with Crippen LogP contribution in [-0.2, 0) is 4.74 Å². The van der Waals surface area contributed by atoms with Crippen molar-refractivity contribution in [2.24, 2.45) is 0 Å². The van der Waals surface area contributed by atoms with Gasteiger partial charge in [-0.05, 0) is 12.1 Å². The summed E-state index contributed by atoms with van der Waals surface area (Å²) in [4.78, 5) is 23.8. The minimum Gasteiger partial charge on any atom is -0.461 e. The number of rotatable bonds is 5. The first-order chi connectivity index (χ1) is 9.72. The lowest BCUT2D eigenvalue weighted by molar-refractivity contribution is 0.0531. The second-order valence-electron chi connectivity index (χ2n) is 4.10. The maximum Gasteiger partial charge on any atom is 0.338 e. The molecule has 0 heterocycles. The van der Waals surface area contributed by atoms with Gasteiger partial charge in [-0.25, -0.2) is 4.79 Å². The molecule has 0 amide bonds. The molecule has 4 heteroatoms. The maximum atomic E-state index is 12.2. The first kappa shape index (κ1) is 14.5. The minimum atomic E-state index is -0.386. The van der Waals surface area contributed by atoms with Gasteiger partial charge in [-0.1, -0.05) is 58.4 Å². The van der Waals surface area contributed by atoms with Crippen molar-refractivity contribution in [2.75, 3.05) is 11.9 Å². The summed E-state index contributed by atoms with van der Waals surface area (Å²) < 4.78 is 4.99. The molecule has 0 unspecified atom stereocenters. The van der Waals surface area contributed by atoms with E-state index < -0.39 is 0 Å². The molecule has 0 bridgehead atoms. The Bertz CT molecular complexity index is 591. The lowest BCUT2D eigenvalue weighted by Gasteiger charge is -2.04. The maximum absolute atomic E-state index is 12.2. The van der Waals surface area contributed by atoms with E-state index >= 15 is 0 Å². The number of esters is 1. The summed E-state index contributed by atoms with van der Waals surface area (Å²) in [6.45, 7) is 0.323. The third kappa shape index (κ3) is 3.54. The van der Waals surface area contributed by atoms with Gasteiger partial charge >= 0.3 is 5.97 Å². The zero-order chi connectivity index (χ0) is 14.4. The number of carbonyl (C=O) groups is 2. The van der Waals surface area contributed by atoms with Crippen molar-refractivity contribution in [1.29, 1.82) is 0 Å². The Labute approximate surface area is 125 Å². The van der Waals surface area contributed by atoms with Gasteiger partial charge in [-0.3, -0.25) is 4.79 Å². The first-order valence-electron chi connectivity index (χ1n) is 6.15. The molecule has 0 spiro atoms. The molecule has 2 rings (SSSR count). The fourth-order valence-corrected chi connectivity index (χ4v) is 1.89. The highest BCUT2D eigenvalue weighted by Gasteiger charge is 2.11. The number of carbonyl (C=O) groups excluding carboxylic acids is 2. The van der Waals surface area contributed by atoms with Crippen LogP contribution in [0.2, 0.25) is 0 Å². The summed E-state index contributed by atoms with van der Waals surface area (Å²) >= 11 is 3.19. The Balaban J connectivity index is 2.12. The van der Waals surface area contributed by atoms with E-state index in [-0.39, 0.29) is 11.8 Å². The molecular weight excluding hydrogens is 320 g/mol. The van der Waals surface area contributed by atoms with Crippen LogP contribution < -0.4 is 0 Å². The second-order valence-corrected chi connectivity index (χ2v) is 4.89. The van der Waals surface area contributed by atoms with E-state index in [0.29, 0.717) is 28.6 Å². The largest absolute Gasteiger partial charge is 0.461 e. The monoisotopic (exact) mass is 332 g/mol. The van der Waals surface area contributed by atoms with Gasteiger partial charge in [0.25, 0.3) is 0 Å². The molecule has 0 fully saturated rings. The molecule has 0 aliphatic carbocycles. The average molecular weight is 333 g/mol. The number of halogens is 1. The molecule has 102 valence electrons. The smallest absolute Gasteiger partial charge is 0.338 e. The molecule has 20 heavy (non-hydrogen) atoms. The zero-order valence-corrected chi connectivity index (χ0v) is 12.3. The van der Waals surface area contributed by atoms with E-state index in [1.54, 1.807) is 36.4 Å². The van der Waals surface area contributed by atoms with Crippen molar-refractivity contribution >= 4 is 27.7 Å². The molecule has 0 aromatic heterocycles. The van der Waals surface area contributed by atoms with Crippen molar-refractivity contribution in [3.63, 3.8) is 0 Å². The third-order valence-corrected chi connectivity index (χ3v) is 3.05. The van der Waals surface area contributed by atoms with Crippen molar-refractivity contribution in [2.45, 2.75) is 0 Å². The van der Waals surface area contributed by atoms with Crippen molar-refractivity contribution < 1.29 is 14.3 Å². The highest BCUT2D eigenvalue weighted by Crippen LogP contribution is 2.11. The van der Waals surface area contributed by atoms with Gasteiger partial charge in [0.2, 0.25) is 0 Å². The molecule has 2 aromatic rings. The van der Waals surface area contributed by atoms with Gasteiger partial charge in [0, 0.05) is 16.5 Å². The van der Waals surface area contributed by atoms with E-state index in [1.807, 2.05) is 18.2 Å². The number of hydrogen-bond acceptors (Lipinski definition) is 3. The van der Waals surface area contributed by atoms with Crippen LogP contribution in [-0.4, -0.2) is 23.7 Å². The quantitative estimate of drug-likeness (QED) is 0.478. The average Bonchev–Trinajstić information content (AvgIpc) is 2.53. The highest BCUT2D eigenvalue weighted by atomic mass is 79.9. The van der Waals surface area contributed by atoms with Crippen LogP contribution in [0, 0.1) is 0 Å². The van der Waals surface area contributed by atoms with Crippen LogP contribution in [0.4, 0.5) is 0 Å². The fourth-order valence-electron chi connectivity index (χ4n) is 1.73. The summed E-state index contributed by atoms with van der Waals surface area (Å²) in [6, 6.07) is 15.5. The van der Waals surface area contributed by atoms with E-state index in [2.05, 4.69) is 15.9 Å². The predicted octanol–water partition coefficient (Wildman–Crippen LogP) is 3.47. The van der Waals surface area contributed by atoms with Crippen LogP contribution in [0.3, 0.4) is 0 Å². The topological polar surface area (TPSA) is 43.4 Å². The Kier molecular flexibility index (Phi) is 5.07. The Morgan fingerprint density at radius 1 is 0.850 bits per heavy atom. The molecule has 0 aliphatic rings. The molecule has 0 atom stereocenters. The number of alkyl halides is 1. The van der Waals surface area contributed by atoms with Crippen molar-refractivity contribution in [3.05, 3.63) is 71.3 Å². The van der Waals surface area contributed by atoms with Crippen LogP contribution in [0.15, 0.2) is 54.6 Å². The van der Waals surface area contributed by atoms with Gasteiger partial charge in [-0.2, -0.15) is 0 Å². The number of ketones is 1. The van der Waals surface area contributed by atoms with Gasteiger partial charge in [0.15, 0.2) is 5.78 Å². The molecule has 2 aromatic carbocycles. The summed E-state index contributed by atoms with van der Waals surface area (Å²) in [6.07, 6.45) is 0. The zero-order valence-electron chi connectivity index (χ0n) is 10.7. The van der Waals surface area contributed by atoms with Gasteiger partial charge < -0.3 is 4.74 Å². The number of ether oxygens (including phenoxy) is 1. The van der Waals surface area contributed by atoms with Gasteiger partial charge in [-0.15, -0.1) is 0 Å². The van der Waals surface area contributed by atoms with Crippen LogP contribution in [0.25, 0.3) is 0 Å². The minimum absolute atomic E-state index is 0.0639. The van der Waals surface area contributed by atoms with Crippen LogP contribution >= 0.6 is 15.9 Å². The van der Waals surface area contributed by atoms with Gasteiger partial charge in [0.1, 0.15) is 6.61 Å². The van der Waals surface area contributed by atoms with Crippen molar-refractivity contribution in [1.82, 2.24) is 0 Å². The molecular formula is C16H13BrO3. The normalized spacial score (nSPS) is 10.1. The number of benzene rings is 2. The van der Waals surface area contributed by atoms with Gasteiger partial charge in [0.05, 0.1) is 5.56 Å². The highest BCUT2D eigenvalue weighted by molar-refractivity contribution is 9.09. The number of hydrogen-bond donors (Lipinski definition) is 0. The lowest BCUT2D eigenvalue weighted by Crippen LogP contribution is -2.08. The standard InChI is InChI=1S/C16H13BrO3/c17-10-11-20-16(19)14-8-6-13(7-9-14)15(18)12-4-2-1-3-5-12/h1-9H,10-11H2. The lowest BCUT2D eigenvalue weighted by atomic mass is 10.0. The molecule has 0 N–H and O–H groups in total. The summed E-state index contributed by atoms with van der Waals surface area (Å²) in [5, 5.41) is 0.601. The van der Waals surface area contributed by atoms with E-state index in [1.165, 1.54) is 0 Å². The third-order valence-electron chi connectivity index (χ3n) is 2.73. The Morgan fingerprint density at radius 3 is 2.00 bits per heavy atom. The first-order valence-corrected chi connectivity index (χ1v) is 7.27. The Morgan fingerprint density at radius 2 is 1.40 bits per heavy atom. The summed E-state index contributed by atoms with van der Waals surface area (Å²) in [5.74, 6) is -0.450. The molecule has 0 saturated heterocycles.